The summed E-state index contributed by atoms with van der Waals surface area (Å²) in [5.74, 6) is 0.752. The van der Waals surface area contributed by atoms with E-state index >= 15 is 0 Å². The van der Waals surface area contributed by atoms with Crippen molar-refractivity contribution in [2.75, 3.05) is 0 Å². The Labute approximate surface area is 143 Å². The van der Waals surface area contributed by atoms with Gasteiger partial charge in [-0.15, -0.1) is 0 Å². The van der Waals surface area contributed by atoms with Crippen molar-refractivity contribution in [2.24, 2.45) is 0 Å². The molecule has 0 bridgehead atoms. The SMILES string of the molecule is N#Cc1cccc(Cn2ccnc2Cc2ccc(C(F)(F)F)cc2)c1. The van der Waals surface area contributed by atoms with Gasteiger partial charge in [-0.25, -0.2) is 4.98 Å². The Bertz CT molecular complexity index is 903. The van der Waals surface area contributed by atoms with Gasteiger partial charge in [-0.3, -0.25) is 0 Å². The fraction of sp³-hybridized carbons (Fsp3) is 0.158. The molecule has 0 unspecified atom stereocenters. The topological polar surface area (TPSA) is 41.6 Å². The van der Waals surface area contributed by atoms with Crippen molar-refractivity contribution < 1.29 is 13.2 Å². The molecular weight excluding hydrogens is 327 g/mol. The third-order valence-electron chi connectivity index (χ3n) is 3.85. The summed E-state index contributed by atoms with van der Waals surface area (Å²) in [6.07, 6.45) is -0.419. The molecule has 6 heteroatoms. The molecular formula is C19H14F3N3. The molecule has 0 aliphatic carbocycles. The first kappa shape index (κ1) is 16.8. The maximum atomic E-state index is 12.6. The monoisotopic (exact) mass is 341 g/mol. The molecule has 1 aromatic heterocycles. The molecule has 126 valence electrons. The second kappa shape index (κ2) is 6.81. The minimum absolute atomic E-state index is 0.434. The highest BCUT2D eigenvalue weighted by molar-refractivity contribution is 5.33. The molecule has 3 aromatic rings. The summed E-state index contributed by atoms with van der Waals surface area (Å²) in [5, 5.41) is 8.97. The molecule has 2 aromatic carbocycles. The highest BCUT2D eigenvalue weighted by Gasteiger charge is 2.29. The number of imidazole rings is 1. The number of hydrogen-bond donors (Lipinski definition) is 0. The van der Waals surface area contributed by atoms with Crippen molar-refractivity contribution in [1.29, 1.82) is 5.26 Å². The standard InChI is InChI=1S/C19H14F3N3/c20-19(21,22)17-6-4-14(5-7-17)11-18-24-8-9-25(18)13-16-3-1-2-15(10-16)12-23/h1-10H,11,13H2. The summed E-state index contributed by atoms with van der Waals surface area (Å²) in [7, 11) is 0. The minimum atomic E-state index is -4.33. The molecule has 3 nitrogen and oxygen atoms in total. The van der Waals surface area contributed by atoms with Crippen LogP contribution in [-0.4, -0.2) is 9.55 Å². The van der Waals surface area contributed by atoms with E-state index in [0.717, 1.165) is 29.1 Å². The average Bonchev–Trinajstić information content (AvgIpc) is 3.01. The average molecular weight is 341 g/mol. The predicted octanol–water partition coefficient (Wildman–Crippen LogP) is 4.41. The van der Waals surface area contributed by atoms with Crippen LogP contribution in [0.2, 0.25) is 0 Å². The van der Waals surface area contributed by atoms with Crippen LogP contribution in [0.4, 0.5) is 13.2 Å². The fourth-order valence-electron chi connectivity index (χ4n) is 2.58. The lowest BCUT2D eigenvalue weighted by atomic mass is 10.1. The summed E-state index contributed by atoms with van der Waals surface area (Å²) in [5.41, 5.74) is 1.65. The van der Waals surface area contributed by atoms with E-state index in [1.807, 2.05) is 29.0 Å². The molecule has 0 aliphatic rings. The normalized spacial score (nSPS) is 11.3. The number of rotatable bonds is 4. The number of nitrogens with zero attached hydrogens (tertiary/aromatic N) is 3. The van der Waals surface area contributed by atoms with Gasteiger partial charge in [0.05, 0.1) is 17.2 Å². The summed E-state index contributed by atoms with van der Waals surface area (Å²) in [6.45, 7) is 0.547. The Hall–Kier alpha value is -3.07. The quantitative estimate of drug-likeness (QED) is 0.705. The van der Waals surface area contributed by atoms with Gasteiger partial charge >= 0.3 is 6.18 Å². The van der Waals surface area contributed by atoms with Gasteiger partial charge in [0.2, 0.25) is 0 Å². The Morgan fingerprint density at radius 2 is 1.80 bits per heavy atom. The summed E-state index contributed by atoms with van der Waals surface area (Å²) in [4.78, 5) is 4.30. The number of aromatic nitrogens is 2. The number of nitriles is 1. The van der Waals surface area contributed by atoms with Crippen LogP contribution in [-0.2, 0) is 19.1 Å². The van der Waals surface area contributed by atoms with Crippen LogP contribution in [0.1, 0.15) is 28.1 Å². The number of alkyl halides is 3. The second-order valence-corrected chi connectivity index (χ2v) is 5.66. The summed E-state index contributed by atoms with van der Waals surface area (Å²) in [6, 6.07) is 14.5. The van der Waals surface area contributed by atoms with E-state index in [-0.39, 0.29) is 0 Å². The van der Waals surface area contributed by atoms with Crippen molar-refractivity contribution in [2.45, 2.75) is 19.1 Å². The van der Waals surface area contributed by atoms with Gasteiger partial charge in [0.15, 0.2) is 0 Å². The Morgan fingerprint density at radius 3 is 2.48 bits per heavy atom. The molecule has 0 N–H and O–H groups in total. The van der Waals surface area contributed by atoms with Crippen LogP contribution in [0.3, 0.4) is 0 Å². The first-order chi connectivity index (χ1) is 12.0. The largest absolute Gasteiger partial charge is 0.416 e. The van der Waals surface area contributed by atoms with E-state index in [2.05, 4.69) is 11.1 Å². The van der Waals surface area contributed by atoms with Gasteiger partial charge in [0.1, 0.15) is 5.82 Å². The molecule has 3 rings (SSSR count). The lowest BCUT2D eigenvalue weighted by molar-refractivity contribution is -0.137. The fourth-order valence-corrected chi connectivity index (χ4v) is 2.58. The first-order valence-corrected chi connectivity index (χ1v) is 7.61. The van der Waals surface area contributed by atoms with Gasteiger partial charge in [-0.05, 0) is 35.4 Å². The molecule has 0 radical (unpaired) electrons. The molecule has 0 saturated heterocycles. The van der Waals surface area contributed by atoms with Crippen LogP contribution in [0.15, 0.2) is 60.9 Å². The van der Waals surface area contributed by atoms with E-state index in [1.165, 1.54) is 12.1 Å². The zero-order valence-corrected chi connectivity index (χ0v) is 13.2. The van der Waals surface area contributed by atoms with Crippen LogP contribution in [0.5, 0.6) is 0 Å². The van der Waals surface area contributed by atoms with E-state index in [1.54, 1.807) is 12.3 Å². The van der Waals surface area contributed by atoms with Gasteiger partial charge in [-0.1, -0.05) is 24.3 Å². The molecule has 0 aliphatic heterocycles. The van der Waals surface area contributed by atoms with Crippen LogP contribution < -0.4 is 0 Å². The van der Waals surface area contributed by atoms with Crippen molar-refractivity contribution in [3.05, 3.63) is 89.0 Å². The molecule has 25 heavy (non-hydrogen) atoms. The van der Waals surface area contributed by atoms with Gasteiger partial charge in [0, 0.05) is 25.4 Å². The van der Waals surface area contributed by atoms with E-state index < -0.39 is 11.7 Å². The van der Waals surface area contributed by atoms with Crippen LogP contribution in [0, 0.1) is 11.3 Å². The molecule has 0 spiro atoms. The second-order valence-electron chi connectivity index (χ2n) is 5.66. The third kappa shape index (κ3) is 4.07. The number of halogens is 3. The van der Waals surface area contributed by atoms with E-state index in [4.69, 9.17) is 5.26 Å². The summed E-state index contributed by atoms with van der Waals surface area (Å²) >= 11 is 0. The van der Waals surface area contributed by atoms with E-state index in [9.17, 15) is 13.2 Å². The zero-order chi connectivity index (χ0) is 17.9. The Kier molecular flexibility index (Phi) is 4.57. The molecule has 1 heterocycles. The maximum Gasteiger partial charge on any atom is 0.416 e. The predicted molar refractivity (Wildman–Crippen MR) is 86.7 cm³/mol. The van der Waals surface area contributed by atoms with Crippen molar-refractivity contribution in [1.82, 2.24) is 9.55 Å². The Balaban J connectivity index is 1.77. The van der Waals surface area contributed by atoms with Gasteiger partial charge in [0.25, 0.3) is 0 Å². The number of benzene rings is 2. The van der Waals surface area contributed by atoms with Crippen LogP contribution in [0.25, 0.3) is 0 Å². The van der Waals surface area contributed by atoms with Gasteiger partial charge in [-0.2, -0.15) is 18.4 Å². The molecule has 0 saturated carbocycles. The first-order valence-electron chi connectivity index (χ1n) is 7.61. The highest BCUT2D eigenvalue weighted by atomic mass is 19.4. The maximum absolute atomic E-state index is 12.6. The summed E-state index contributed by atoms with van der Waals surface area (Å²) < 4.78 is 39.8. The van der Waals surface area contributed by atoms with Crippen molar-refractivity contribution >= 4 is 0 Å². The van der Waals surface area contributed by atoms with Crippen molar-refractivity contribution in [3.63, 3.8) is 0 Å². The molecule has 0 atom stereocenters. The minimum Gasteiger partial charge on any atom is -0.330 e. The highest BCUT2D eigenvalue weighted by Crippen LogP contribution is 2.29. The van der Waals surface area contributed by atoms with E-state index in [0.29, 0.717) is 18.5 Å². The molecule has 0 amide bonds. The van der Waals surface area contributed by atoms with Crippen LogP contribution >= 0.6 is 0 Å². The lowest BCUT2D eigenvalue weighted by Gasteiger charge is -2.10. The van der Waals surface area contributed by atoms with Crippen molar-refractivity contribution in [3.8, 4) is 6.07 Å². The lowest BCUT2D eigenvalue weighted by Crippen LogP contribution is -2.07. The number of hydrogen-bond acceptors (Lipinski definition) is 2. The third-order valence-corrected chi connectivity index (χ3v) is 3.85. The Morgan fingerprint density at radius 1 is 1.04 bits per heavy atom. The zero-order valence-electron chi connectivity index (χ0n) is 13.2. The van der Waals surface area contributed by atoms with Gasteiger partial charge < -0.3 is 4.57 Å². The smallest absolute Gasteiger partial charge is 0.330 e. The molecule has 0 fully saturated rings.